The van der Waals surface area contributed by atoms with Gasteiger partial charge in [-0.15, -0.1) is 0 Å². The molecule has 1 aromatic carbocycles. The first-order valence-corrected chi connectivity index (χ1v) is 5.43. The van der Waals surface area contributed by atoms with Crippen LogP contribution in [0.1, 0.15) is 12.0 Å². The summed E-state index contributed by atoms with van der Waals surface area (Å²) in [5, 5.41) is 5.18. The molecule has 0 aromatic heterocycles. The highest BCUT2D eigenvalue weighted by Gasteiger charge is 2.19. The van der Waals surface area contributed by atoms with Crippen LogP contribution in [0.2, 0.25) is 0 Å². The molecule has 0 amide bonds. The normalized spacial score (nSPS) is 19.9. The molecule has 2 rings (SSSR count). The molecular weight excluding hydrogens is 198 g/mol. The van der Waals surface area contributed by atoms with Crippen molar-refractivity contribution < 1.29 is 8.92 Å². The van der Waals surface area contributed by atoms with Crippen molar-refractivity contribution in [2.45, 2.75) is 18.9 Å². The van der Waals surface area contributed by atoms with Crippen molar-refractivity contribution in [3.8, 4) is 5.75 Å². The SMILES string of the molecule is NSOCC1CCc2ccccc2O1. The number of aryl methyl sites for hydroxylation is 1. The molecule has 0 bridgehead atoms. The Morgan fingerprint density at radius 2 is 2.36 bits per heavy atom. The summed E-state index contributed by atoms with van der Waals surface area (Å²) in [6.07, 6.45) is 2.19. The van der Waals surface area contributed by atoms with E-state index in [1.54, 1.807) is 0 Å². The van der Waals surface area contributed by atoms with Crippen LogP contribution in [0.3, 0.4) is 0 Å². The summed E-state index contributed by atoms with van der Waals surface area (Å²) in [5.41, 5.74) is 1.28. The fraction of sp³-hybridized carbons (Fsp3) is 0.400. The minimum absolute atomic E-state index is 0.140. The summed E-state index contributed by atoms with van der Waals surface area (Å²) in [6, 6.07) is 8.12. The van der Waals surface area contributed by atoms with Crippen molar-refractivity contribution in [1.29, 1.82) is 0 Å². The van der Waals surface area contributed by atoms with Crippen molar-refractivity contribution in [3.05, 3.63) is 29.8 Å². The molecule has 1 aromatic rings. The molecule has 0 fully saturated rings. The number of hydrogen-bond acceptors (Lipinski definition) is 4. The zero-order valence-electron chi connectivity index (χ0n) is 7.81. The largest absolute Gasteiger partial charge is 0.488 e. The third-order valence-corrected chi connectivity index (χ3v) is 2.60. The van der Waals surface area contributed by atoms with E-state index in [2.05, 4.69) is 6.07 Å². The summed E-state index contributed by atoms with van der Waals surface area (Å²) >= 11 is 0.897. The van der Waals surface area contributed by atoms with Crippen LogP contribution < -0.4 is 9.88 Å². The predicted octanol–water partition coefficient (Wildman–Crippen LogP) is 1.92. The Kier molecular flexibility index (Phi) is 3.29. The summed E-state index contributed by atoms with van der Waals surface area (Å²) < 4.78 is 10.8. The van der Waals surface area contributed by atoms with E-state index in [1.807, 2.05) is 18.2 Å². The van der Waals surface area contributed by atoms with Gasteiger partial charge in [-0.05, 0) is 24.5 Å². The standard InChI is InChI=1S/C10H13NO2S/c11-14-12-7-9-6-5-8-3-1-2-4-10(8)13-9/h1-4,9H,5-7,11H2. The second-order valence-electron chi connectivity index (χ2n) is 3.27. The van der Waals surface area contributed by atoms with Crippen LogP contribution in [0.25, 0.3) is 0 Å². The monoisotopic (exact) mass is 211 g/mol. The molecule has 0 saturated heterocycles. The number of nitrogens with two attached hydrogens (primary N) is 1. The van der Waals surface area contributed by atoms with E-state index in [9.17, 15) is 0 Å². The lowest BCUT2D eigenvalue weighted by molar-refractivity contribution is 0.120. The van der Waals surface area contributed by atoms with Gasteiger partial charge in [0, 0.05) is 0 Å². The maximum atomic E-state index is 5.74. The number of rotatable bonds is 3. The third kappa shape index (κ3) is 2.20. The minimum atomic E-state index is 0.140. The van der Waals surface area contributed by atoms with Crippen molar-refractivity contribution in [3.63, 3.8) is 0 Å². The van der Waals surface area contributed by atoms with Gasteiger partial charge in [0.2, 0.25) is 0 Å². The molecule has 1 unspecified atom stereocenters. The molecule has 4 heteroatoms. The molecule has 14 heavy (non-hydrogen) atoms. The Hall–Kier alpha value is -0.710. The quantitative estimate of drug-likeness (QED) is 0.613. The van der Waals surface area contributed by atoms with E-state index in [-0.39, 0.29) is 6.10 Å². The van der Waals surface area contributed by atoms with Crippen LogP contribution in [0.15, 0.2) is 24.3 Å². The highest BCUT2D eigenvalue weighted by atomic mass is 32.2. The predicted molar refractivity (Wildman–Crippen MR) is 56.9 cm³/mol. The fourth-order valence-corrected chi connectivity index (χ4v) is 1.84. The minimum Gasteiger partial charge on any atom is -0.488 e. The van der Waals surface area contributed by atoms with Crippen LogP contribution in [0.5, 0.6) is 5.75 Å². The molecule has 1 heterocycles. The molecule has 3 nitrogen and oxygen atoms in total. The number of hydrogen-bond donors (Lipinski definition) is 1. The van der Waals surface area contributed by atoms with E-state index < -0.39 is 0 Å². The molecule has 0 spiro atoms. The summed E-state index contributed by atoms with van der Waals surface area (Å²) in [7, 11) is 0. The zero-order chi connectivity index (χ0) is 9.80. The Labute approximate surface area is 87.9 Å². The van der Waals surface area contributed by atoms with Gasteiger partial charge >= 0.3 is 0 Å². The van der Waals surface area contributed by atoms with Gasteiger partial charge in [-0.1, -0.05) is 18.2 Å². The molecule has 0 radical (unpaired) electrons. The van der Waals surface area contributed by atoms with Crippen LogP contribution in [0, 0.1) is 0 Å². The third-order valence-electron chi connectivity index (χ3n) is 2.32. The Morgan fingerprint density at radius 3 is 3.21 bits per heavy atom. The van der Waals surface area contributed by atoms with Gasteiger partial charge < -0.3 is 4.74 Å². The second kappa shape index (κ2) is 4.68. The molecule has 0 aliphatic carbocycles. The molecule has 0 saturated carbocycles. The Balaban J connectivity index is 1.99. The van der Waals surface area contributed by atoms with Crippen LogP contribution >= 0.6 is 12.2 Å². The van der Waals surface area contributed by atoms with Crippen LogP contribution in [0.4, 0.5) is 0 Å². The Bertz CT molecular complexity index is 306. The van der Waals surface area contributed by atoms with Gasteiger partial charge in [-0.3, -0.25) is 9.32 Å². The van der Waals surface area contributed by atoms with Crippen LogP contribution in [-0.4, -0.2) is 12.7 Å². The van der Waals surface area contributed by atoms with Gasteiger partial charge in [0.1, 0.15) is 11.9 Å². The molecule has 1 aliphatic rings. The number of fused-ring (bicyclic) bond motifs is 1. The van der Waals surface area contributed by atoms with Gasteiger partial charge in [-0.2, -0.15) is 0 Å². The summed E-state index contributed by atoms with van der Waals surface area (Å²) in [6.45, 7) is 0.551. The molecule has 1 atom stereocenters. The van der Waals surface area contributed by atoms with Crippen molar-refractivity contribution in [1.82, 2.24) is 0 Å². The van der Waals surface area contributed by atoms with Gasteiger partial charge in [-0.25, -0.2) is 0 Å². The van der Waals surface area contributed by atoms with Gasteiger partial charge in [0.25, 0.3) is 0 Å². The molecule has 2 N–H and O–H groups in total. The van der Waals surface area contributed by atoms with Crippen molar-refractivity contribution in [2.24, 2.45) is 5.14 Å². The zero-order valence-corrected chi connectivity index (χ0v) is 8.63. The van der Waals surface area contributed by atoms with E-state index in [1.165, 1.54) is 5.56 Å². The van der Waals surface area contributed by atoms with Gasteiger partial charge in [0.15, 0.2) is 0 Å². The van der Waals surface area contributed by atoms with Crippen molar-refractivity contribution >= 4 is 12.2 Å². The highest BCUT2D eigenvalue weighted by molar-refractivity contribution is 7.92. The Morgan fingerprint density at radius 1 is 1.50 bits per heavy atom. The molecule has 76 valence electrons. The molecule has 1 aliphatic heterocycles. The summed E-state index contributed by atoms with van der Waals surface area (Å²) in [4.78, 5) is 0. The van der Waals surface area contributed by atoms with Crippen LogP contribution in [-0.2, 0) is 10.6 Å². The van der Waals surface area contributed by atoms with E-state index in [0.29, 0.717) is 6.61 Å². The van der Waals surface area contributed by atoms with Crippen molar-refractivity contribution in [2.75, 3.05) is 6.61 Å². The maximum Gasteiger partial charge on any atom is 0.124 e. The fourth-order valence-electron chi connectivity index (χ4n) is 1.61. The van der Waals surface area contributed by atoms with E-state index in [0.717, 1.165) is 30.8 Å². The average molecular weight is 211 g/mol. The first kappa shape index (κ1) is 9.83. The number of ether oxygens (including phenoxy) is 1. The second-order valence-corrected chi connectivity index (χ2v) is 3.70. The first-order valence-electron chi connectivity index (χ1n) is 4.63. The van der Waals surface area contributed by atoms with E-state index >= 15 is 0 Å². The smallest absolute Gasteiger partial charge is 0.124 e. The lowest BCUT2D eigenvalue weighted by atomic mass is 10.0. The topological polar surface area (TPSA) is 44.5 Å². The molecular formula is C10H13NO2S. The lowest BCUT2D eigenvalue weighted by Crippen LogP contribution is -2.26. The lowest BCUT2D eigenvalue weighted by Gasteiger charge is -2.25. The highest BCUT2D eigenvalue weighted by Crippen LogP contribution is 2.27. The average Bonchev–Trinajstić information content (AvgIpc) is 2.26. The number of benzene rings is 1. The van der Waals surface area contributed by atoms with E-state index in [4.69, 9.17) is 14.1 Å². The van der Waals surface area contributed by atoms with Gasteiger partial charge in [0.05, 0.1) is 18.8 Å². The first-order chi connectivity index (χ1) is 6.90. The maximum absolute atomic E-state index is 5.74. The summed E-state index contributed by atoms with van der Waals surface area (Å²) in [5.74, 6) is 0.981. The number of para-hydroxylation sites is 1.